The van der Waals surface area contributed by atoms with E-state index in [0.717, 1.165) is 5.75 Å². The highest BCUT2D eigenvalue weighted by atomic mass is 32.1. The van der Waals surface area contributed by atoms with E-state index in [1.165, 1.54) is 7.11 Å². The average molecular weight is 344 g/mol. The van der Waals surface area contributed by atoms with Crippen LogP contribution in [0.2, 0.25) is 0 Å². The van der Waals surface area contributed by atoms with Gasteiger partial charge in [0.15, 0.2) is 5.11 Å². The first kappa shape index (κ1) is 17.7. The smallest absolute Gasteiger partial charge is 0.337 e. The van der Waals surface area contributed by atoms with Gasteiger partial charge in [0.1, 0.15) is 12.4 Å². The predicted octanol–water partition coefficient (Wildman–Crippen LogP) is 3.23. The van der Waals surface area contributed by atoms with Gasteiger partial charge in [0, 0.05) is 5.69 Å². The van der Waals surface area contributed by atoms with E-state index in [9.17, 15) is 4.79 Å². The maximum Gasteiger partial charge on any atom is 0.337 e. The highest BCUT2D eigenvalue weighted by Crippen LogP contribution is 2.12. The SMILES string of the molecule is COC(=O)c1cccc(NC(=S)NC(C)COc2ccccc2)c1. The minimum atomic E-state index is -0.387. The van der Waals surface area contributed by atoms with E-state index in [0.29, 0.717) is 23.0 Å². The number of thiocarbonyl (C=S) groups is 1. The molecule has 0 aliphatic heterocycles. The maximum absolute atomic E-state index is 11.5. The monoisotopic (exact) mass is 344 g/mol. The van der Waals surface area contributed by atoms with Gasteiger partial charge in [-0.15, -0.1) is 0 Å². The average Bonchev–Trinajstić information content (AvgIpc) is 2.60. The van der Waals surface area contributed by atoms with Crippen molar-refractivity contribution in [1.82, 2.24) is 5.32 Å². The number of esters is 1. The Morgan fingerprint density at radius 3 is 2.62 bits per heavy atom. The number of rotatable bonds is 6. The van der Waals surface area contributed by atoms with E-state index in [-0.39, 0.29) is 12.0 Å². The van der Waals surface area contributed by atoms with E-state index in [4.69, 9.17) is 21.7 Å². The number of para-hydroxylation sites is 1. The fourth-order valence-electron chi connectivity index (χ4n) is 2.01. The zero-order valence-electron chi connectivity index (χ0n) is 13.6. The molecule has 1 unspecified atom stereocenters. The Labute approximate surface area is 147 Å². The first-order valence-corrected chi connectivity index (χ1v) is 7.93. The summed E-state index contributed by atoms with van der Waals surface area (Å²) in [5.41, 5.74) is 1.18. The maximum atomic E-state index is 11.5. The summed E-state index contributed by atoms with van der Waals surface area (Å²) < 4.78 is 10.4. The Morgan fingerprint density at radius 2 is 1.92 bits per heavy atom. The highest BCUT2D eigenvalue weighted by Gasteiger charge is 2.08. The number of hydrogen-bond acceptors (Lipinski definition) is 4. The molecule has 126 valence electrons. The van der Waals surface area contributed by atoms with E-state index >= 15 is 0 Å². The van der Waals surface area contributed by atoms with Crippen LogP contribution in [0.25, 0.3) is 0 Å². The zero-order chi connectivity index (χ0) is 17.4. The number of carbonyl (C=O) groups is 1. The second kappa shape index (κ2) is 8.88. The summed E-state index contributed by atoms with van der Waals surface area (Å²) >= 11 is 5.29. The number of anilines is 1. The van der Waals surface area contributed by atoms with Crippen LogP contribution in [0.5, 0.6) is 5.75 Å². The van der Waals surface area contributed by atoms with Crippen molar-refractivity contribution in [2.45, 2.75) is 13.0 Å². The Hall–Kier alpha value is -2.60. The molecule has 2 rings (SSSR count). The van der Waals surface area contributed by atoms with Crippen LogP contribution in [0.1, 0.15) is 17.3 Å². The molecule has 0 aliphatic rings. The molecule has 2 aromatic rings. The normalized spacial score (nSPS) is 11.2. The van der Waals surface area contributed by atoms with Crippen LogP contribution in [0.4, 0.5) is 5.69 Å². The van der Waals surface area contributed by atoms with Crippen molar-refractivity contribution in [2.75, 3.05) is 19.0 Å². The van der Waals surface area contributed by atoms with Crippen LogP contribution in [-0.2, 0) is 4.74 Å². The summed E-state index contributed by atoms with van der Waals surface area (Å²) in [6.07, 6.45) is 0. The van der Waals surface area contributed by atoms with Gasteiger partial charge in [0.25, 0.3) is 0 Å². The molecule has 1 atom stereocenters. The van der Waals surface area contributed by atoms with E-state index in [1.54, 1.807) is 18.2 Å². The molecule has 0 amide bonds. The first-order valence-electron chi connectivity index (χ1n) is 7.52. The minimum Gasteiger partial charge on any atom is -0.491 e. The molecule has 6 heteroatoms. The van der Waals surface area contributed by atoms with Crippen molar-refractivity contribution in [1.29, 1.82) is 0 Å². The van der Waals surface area contributed by atoms with Gasteiger partial charge in [-0.05, 0) is 49.5 Å². The van der Waals surface area contributed by atoms with Crippen LogP contribution >= 0.6 is 12.2 Å². The Kier molecular flexibility index (Phi) is 6.57. The van der Waals surface area contributed by atoms with Gasteiger partial charge in [0.05, 0.1) is 18.7 Å². The van der Waals surface area contributed by atoms with Gasteiger partial charge in [-0.3, -0.25) is 0 Å². The number of benzene rings is 2. The summed E-state index contributed by atoms with van der Waals surface area (Å²) in [6, 6.07) is 16.6. The molecule has 0 saturated carbocycles. The van der Waals surface area contributed by atoms with Gasteiger partial charge in [-0.25, -0.2) is 4.79 Å². The molecule has 0 bridgehead atoms. The third kappa shape index (κ3) is 5.55. The van der Waals surface area contributed by atoms with E-state index in [1.807, 2.05) is 43.3 Å². The fraction of sp³-hybridized carbons (Fsp3) is 0.222. The third-order valence-corrected chi connectivity index (χ3v) is 3.38. The lowest BCUT2D eigenvalue weighted by molar-refractivity contribution is 0.0601. The molecular weight excluding hydrogens is 324 g/mol. The van der Waals surface area contributed by atoms with Crippen molar-refractivity contribution in [3.8, 4) is 5.75 Å². The van der Waals surface area contributed by atoms with Crippen LogP contribution in [0.15, 0.2) is 54.6 Å². The van der Waals surface area contributed by atoms with Crippen molar-refractivity contribution < 1.29 is 14.3 Å². The quantitative estimate of drug-likeness (QED) is 0.620. The molecule has 0 aliphatic carbocycles. The molecule has 24 heavy (non-hydrogen) atoms. The highest BCUT2D eigenvalue weighted by molar-refractivity contribution is 7.80. The molecule has 0 fully saturated rings. The fourth-order valence-corrected chi connectivity index (χ4v) is 2.33. The lowest BCUT2D eigenvalue weighted by atomic mass is 10.2. The molecule has 5 nitrogen and oxygen atoms in total. The Morgan fingerprint density at radius 1 is 1.17 bits per heavy atom. The van der Waals surface area contributed by atoms with Crippen molar-refractivity contribution >= 4 is 29.0 Å². The number of ether oxygens (including phenoxy) is 2. The summed E-state index contributed by atoms with van der Waals surface area (Å²) in [7, 11) is 1.35. The Bertz CT molecular complexity index is 692. The summed E-state index contributed by atoms with van der Waals surface area (Å²) in [5, 5.41) is 6.65. The third-order valence-electron chi connectivity index (χ3n) is 3.16. The van der Waals surface area contributed by atoms with Gasteiger partial charge in [-0.1, -0.05) is 24.3 Å². The van der Waals surface area contributed by atoms with Crippen molar-refractivity contribution in [2.24, 2.45) is 0 Å². The predicted molar refractivity (Wildman–Crippen MR) is 98.5 cm³/mol. The van der Waals surface area contributed by atoms with E-state index in [2.05, 4.69) is 10.6 Å². The van der Waals surface area contributed by atoms with Gasteiger partial charge < -0.3 is 20.1 Å². The summed E-state index contributed by atoms with van der Waals surface area (Å²) in [5.74, 6) is 0.429. The molecule has 2 aromatic carbocycles. The van der Waals surface area contributed by atoms with Gasteiger partial charge in [-0.2, -0.15) is 0 Å². The first-order chi connectivity index (χ1) is 11.6. The van der Waals surface area contributed by atoms with Gasteiger partial charge in [0.2, 0.25) is 0 Å². The molecule has 0 spiro atoms. The second-order valence-electron chi connectivity index (χ2n) is 5.20. The lowest BCUT2D eigenvalue weighted by Crippen LogP contribution is -2.39. The van der Waals surface area contributed by atoms with Crippen LogP contribution < -0.4 is 15.4 Å². The largest absolute Gasteiger partial charge is 0.491 e. The molecule has 0 aromatic heterocycles. The summed E-state index contributed by atoms with van der Waals surface area (Å²) in [4.78, 5) is 11.5. The lowest BCUT2D eigenvalue weighted by Gasteiger charge is -2.18. The molecular formula is C18H20N2O3S. The number of carbonyl (C=O) groups excluding carboxylic acids is 1. The molecule has 0 radical (unpaired) electrons. The van der Waals surface area contributed by atoms with Gasteiger partial charge >= 0.3 is 5.97 Å². The minimum absolute atomic E-state index is 0.0222. The van der Waals surface area contributed by atoms with Crippen LogP contribution in [-0.4, -0.2) is 30.8 Å². The number of nitrogens with one attached hydrogen (secondary N) is 2. The Balaban J connectivity index is 1.83. The zero-order valence-corrected chi connectivity index (χ0v) is 14.4. The van der Waals surface area contributed by atoms with Crippen LogP contribution in [0.3, 0.4) is 0 Å². The molecule has 2 N–H and O–H groups in total. The van der Waals surface area contributed by atoms with Crippen molar-refractivity contribution in [3.05, 3.63) is 60.2 Å². The van der Waals surface area contributed by atoms with E-state index < -0.39 is 0 Å². The number of methoxy groups -OCH3 is 1. The standard InChI is InChI=1S/C18H20N2O3S/c1-13(12-23-16-9-4-3-5-10-16)19-18(24)20-15-8-6-7-14(11-15)17(21)22-2/h3-11,13H,12H2,1-2H3,(H2,19,20,24). The van der Waals surface area contributed by atoms with Crippen LogP contribution in [0, 0.1) is 0 Å². The van der Waals surface area contributed by atoms with Crippen molar-refractivity contribution in [3.63, 3.8) is 0 Å². The molecule has 0 saturated heterocycles. The summed E-state index contributed by atoms with van der Waals surface area (Å²) in [6.45, 7) is 2.45. The second-order valence-corrected chi connectivity index (χ2v) is 5.60. The molecule has 0 heterocycles. The topological polar surface area (TPSA) is 59.6 Å². The number of hydrogen-bond donors (Lipinski definition) is 2.